The Morgan fingerprint density at radius 2 is 1.97 bits per heavy atom. The summed E-state index contributed by atoms with van der Waals surface area (Å²) >= 11 is 3.34. The molecule has 1 amide bonds. The first kappa shape index (κ1) is 22.0. The topological polar surface area (TPSA) is 81.9 Å². The second-order valence-corrected chi connectivity index (χ2v) is 7.42. The summed E-state index contributed by atoms with van der Waals surface area (Å²) in [5, 5.41) is 11.3. The third kappa shape index (κ3) is 5.48. The second kappa shape index (κ2) is 9.00. The quantitative estimate of drug-likeness (QED) is 0.456. The van der Waals surface area contributed by atoms with Gasteiger partial charge >= 0.3 is 6.18 Å². The molecular weight excluding hydrogens is 473 g/mol. The number of benzene rings is 2. The van der Waals surface area contributed by atoms with Crippen LogP contribution in [-0.2, 0) is 4.74 Å². The zero-order chi connectivity index (χ0) is 21.9. The molecule has 0 saturated carbocycles. The van der Waals surface area contributed by atoms with Crippen molar-refractivity contribution in [2.75, 3.05) is 26.3 Å². The van der Waals surface area contributed by atoms with Gasteiger partial charge in [0.05, 0.1) is 18.1 Å². The lowest BCUT2D eigenvalue weighted by molar-refractivity contribution is -0.385. The van der Waals surface area contributed by atoms with Crippen molar-refractivity contribution in [3.63, 3.8) is 0 Å². The van der Waals surface area contributed by atoms with Gasteiger partial charge in [0.25, 0.3) is 11.6 Å². The number of ether oxygens (including phenoxy) is 2. The SMILES string of the molecule is O=C(c1cc(OCC(F)(F)F)ccc1[N+](=O)[O-])N1CCOC(c2ccc(Br)cc2)C1. The van der Waals surface area contributed by atoms with Crippen molar-refractivity contribution in [1.29, 1.82) is 0 Å². The van der Waals surface area contributed by atoms with Gasteiger partial charge in [0.2, 0.25) is 0 Å². The van der Waals surface area contributed by atoms with Crippen molar-refractivity contribution >= 4 is 27.5 Å². The van der Waals surface area contributed by atoms with E-state index >= 15 is 0 Å². The Labute approximate surface area is 177 Å². The van der Waals surface area contributed by atoms with Gasteiger partial charge in [0, 0.05) is 17.1 Å². The number of rotatable bonds is 5. The minimum absolute atomic E-state index is 0.144. The number of nitro groups is 1. The van der Waals surface area contributed by atoms with Crippen LogP contribution < -0.4 is 4.74 Å². The third-order valence-electron chi connectivity index (χ3n) is 4.39. The molecule has 1 unspecified atom stereocenters. The van der Waals surface area contributed by atoms with Crippen LogP contribution in [0.5, 0.6) is 5.75 Å². The Morgan fingerprint density at radius 3 is 2.60 bits per heavy atom. The number of morpholine rings is 1. The Kier molecular flexibility index (Phi) is 6.61. The molecule has 2 aromatic rings. The van der Waals surface area contributed by atoms with Crippen LogP contribution in [0.15, 0.2) is 46.9 Å². The van der Waals surface area contributed by atoms with Crippen LogP contribution in [0.3, 0.4) is 0 Å². The average Bonchev–Trinajstić information content (AvgIpc) is 2.71. The molecule has 1 aliphatic rings. The van der Waals surface area contributed by atoms with Crippen LogP contribution in [0.25, 0.3) is 0 Å². The summed E-state index contributed by atoms with van der Waals surface area (Å²) in [5.74, 6) is -0.955. The summed E-state index contributed by atoms with van der Waals surface area (Å²) < 4.78 is 48.4. The van der Waals surface area contributed by atoms with E-state index in [1.807, 2.05) is 24.3 Å². The highest BCUT2D eigenvalue weighted by atomic mass is 79.9. The van der Waals surface area contributed by atoms with E-state index in [1.54, 1.807) is 0 Å². The minimum atomic E-state index is -4.58. The van der Waals surface area contributed by atoms with E-state index in [4.69, 9.17) is 4.74 Å². The predicted molar refractivity (Wildman–Crippen MR) is 103 cm³/mol. The smallest absolute Gasteiger partial charge is 0.422 e. The molecule has 0 aromatic heterocycles. The van der Waals surface area contributed by atoms with Crippen LogP contribution in [0.4, 0.5) is 18.9 Å². The first-order valence-electron chi connectivity index (χ1n) is 8.78. The van der Waals surface area contributed by atoms with Gasteiger partial charge in [0.15, 0.2) is 6.61 Å². The van der Waals surface area contributed by atoms with Gasteiger partial charge in [-0.2, -0.15) is 13.2 Å². The second-order valence-electron chi connectivity index (χ2n) is 6.50. The first-order chi connectivity index (χ1) is 14.1. The summed E-state index contributed by atoms with van der Waals surface area (Å²) in [4.78, 5) is 25.0. The number of nitrogens with zero attached hydrogens (tertiary/aromatic N) is 2. The highest BCUT2D eigenvalue weighted by molar-refractivity contribution is 9.10. The summed E-state index contributed by atoms with van der Waals surface area (Å²) in [7, 11) is 0. The van der Waals surface area contributed by atoms with E-state index in [0.717, 1.165) is 28.2 Å². The zero-order valence-corrected chi connectivity index (χ0v) is 17.0. The molecule has 1 fully saturated rings. The van der Waals surface area contributed by atoms with Gasteiger partial charge in [-0.3, -0.25) is 14.9 Å². The Morgan fingerprint density at radius 1 is 1.27 bits per heavy atom. The lowest BCUT2D eigenvalue weighted by atomic mass is 10.1. The predicted octanol–water partition coefficient (Wildman–Crippen LogP) is 4.51. The summed E-state index contributed by atoms with van der Waals surface area (Å²) in [6, 6.07) is 10.3. The molecule has 160 valence electrons. The van der Waals surface area contributed by atoms with Crippen LogP contribution in [0.1, 0.15) is 22.0 Å². The summed E-state index contributed by atoms with van der Waals surface area (Å²) in [6.45, 7) is -1.02. The number of hydrogen-bond acceptors (Lipinski definition) is 5. The van der Waals surface area contributed by atoms with E-state index < -0.39 is 35.4 Å². The van der Waals surface area contributed by atoms with Gasteiger partial charge in [-0.25, -0.2) is 0 Å². The molecule has 0 radical (unpaired) electrons. The van der Waals surface area contributed by atoms with Crippen LogP contribution in [0.2, 0.25) is 0 Å². The van der Waals surface area contributed by atoms with Crippen molar-refractivity contribution in [1.82, 2.24) is 4.90 Å². The molecule has 2 aromatic carbocycles. The lowest BCUT2D eigenvalue weighted by Crippen LogP contribution is -2.42. The van der Waals surface area contributed by atoms with Crippen LogP contribution >= 0.6 is 15.9 Å². The van der Waals surface area contributed by atoms with E-state index in [-0.39, 0.29) is 31.0 Å². The fourth-order valence-electron chi connectivity index (χ4n) is 2.98. The highest BCUT2D eigenvalue weighted by Crippen LogP contribution is 2.29. The van der Waals surface area contributed by atoms with E-state index in [2.05, 4.69) is 20.7 Å². The maximum Gasteiger partial charge on any atom is 0.422 e. The van der Waals surface area contributed by atoms with Crippen LogP contribution in [-0.4, -0.2) is 48.2 Å². The van der Waals surface area contributed by atoms with Crippen molar-refractivity contribution in [2.45, 2.75) is 12.3 Å². The number of carbonyl (C=O) groups excluding carboxylic acids is 1. The molecule has 1 atom stereocenters. The molecule has 0 aliphatic carbocycles. The molecule has 1 heterocycles. The molecule has 0 bridgehead atoms. The molecule has 7 nitrogen and oxygen atoms in total. The maximum atomic E-state index is 13.0. The van der Waals surface area contributed by atoms with Gasteiger partial charge in [-0.05, 0) is 29.8 Å². The number of alkyl halides is 3. The normalized spacial score (nSPS) is 16.9. The van der Waals surface area contributed by atoms with Crippen molar-refractivity contribution in [2.24, 2.45) is 0 Å². The number of halogens is 4. The van der Waals surface area contributed by atoms with Gasteiger partial charge in [-0.15, -0.1) is 0 Å². The van der Waals surface area contributed by atoms with Gasteiger partial charge < -0.3 is 14.4 Å². The molecule has 1 saturated heterocycles. The van der Waals surface area contributed by atoms with E-state index in [0.29, 0.717) is 0 Å². The summed E-state index contributed by atoms with van der Waals surface area (Å²) in [5.41, 5.74) is -0.0189. The zero-order valence-electron chi connectivity index (χ0n) is 15.4. The fourth-order valence-corrected chi connectivity index (χ4v) is 3.25. The Hall–Kier alpha value is -2.66. The lowest BCUT2D eigenvalue weighted by Gasteiger charge is -2.33. The number of nitro benzene ring substituents is 1. The standard InChI is InChI=1S/C19H16BrF3N2O5/c20-13-3-1-12(2-4-13)17-10-24(7-8-29-17)18(26)15-9-14(30-11-19(21,22)23)5-6-16(15)25(27)28/h1-6,9,17H,7-8,10-11H2. The van der Waals surface area contributed by atoms with Crippen molar-refractivity contribution < 1.29 is 32.4 Å². The van der Waals surface area contributed by atoms with Crippen LogP contribution in [0, 0.1) is 10.1 Å². The average molecular weight is 489 g/mol. The highest BCUT2D eigenvalue weighted by Gasteiger charge is 2.32. The molecule has 0 N–H and O–H groups in total. The maximum absolute atomic E-state index is 13.0. The molecule has 11 heteroatoms. The summed E-state index contributed by atoms with van der Waals surface area (Å²) in [6.07, 6.45) is -5.01. The molecule has 3 rings (SSSR count). The van der Waals surface area contributed by atoms with Gasteiger partial charge in [-0.1, -0.05) is 28.1 Å². The monoisotopic (exact) mass is 488 g/mol. The number of amides is 1. The molecule has 1 aliphatic heterocycles. The van der Waals surface area contributed by atoms with Crippen molar-refractivity contribution in [3.05, 3.63) is 68.2 Å². The van der Waals surface area contributed by atoms with E-state index in [1.165, 1.54) is 4.90 Å². The first-order valence-corrected chi connectivity index (χ1v) is 9.57. The van der Waals surface area contributed by atoms with E-state index in [9.17, 15) is 28.1 Å². The largest absolute Gasteiger partial charge is 0.484 e. The minimum Gasteiger partial charge on any atom is -0.484 e. The van der Waals surface area contributed by atoms with Crippen molar-refractivity contribution in [3.8, 4) is 5.75 Å². The number of carbonyl (C=O) groups is 1. The Bertz CT molecular complexity index is 937. The fraction of sp³-hybridized carbons (Fsp3) is 0.316. The number of hydrogen-bond donors (Lipinski definition) is 0. The molecular formula is C19H16BrF3N2O5. The molecule has 0 spiro atoms. The molecule has 30 heavy (non-hydrogen) atoms. The Balaban J connectivity index is 1.83. The third-order valence-corrected chi connectivity index (χ3v) is 4.92. The van der Waals surface area contributed by atoms with Gasteiger partial charge in [0.1, 0.15) is 17.4 Å².